The van der Waals surface area contributed by atoms with Gasteiger partial charge in [0.2, 0.25) is 0 Å². The van der Waals surface area contributed by atoms with E-state index in [1.54, 1.807) is 0 Å². The third kappa shape index (κ3) is 4.58. The first-order chi connectivity index (χ1) is 16.4. The highest BCUT2D eigenvalue weighted by atomic mass is 16.3. The number of aromatic hydroxyl groups is 1. The van der Waals surface area contributed by atoms with Gasteiger partial charge in [0.05, 0.1) is 22.5 Å². The number of aliphatic imine (C=N–C) groups is 1. The van der Waals surface area contributed by atoms with E-state index >= 15 is 0 Å². The van der Waals surface area contributed by atoms with Gasteiger partial charge in [-0.15, -0.1) is 0 Å². The summed E-state index contributed by atoms with van der Waals surface area (Å²) < 4.78 is 0. The fourth-order valence-electron chi connectivity index (χ4n) is 4.38. The quantitative estimate of drug-likeness (QED) is 0.400. The molecule has 6 heteroatoms. The normalized spacial score (nSPS) is 12.6. The van der Waals surface area contributed by atoms with E-state index in [1.165, 1.54) is 0 Å². The van der Waals surface area contributed by atoms with Gasteiger partial charge in [0, 0.05) is 44.1 Å². The molecule has 6 nitrogen and oxygen atoms in total. The van der Waals surface area contributed by atoms with Crippen molar-refractivity contribution in [3.63, 3.8) is 0 Å². The number of anilines is 2. The Kier molecular flexibility index (Phi) is 7.06. The van der Waals surface area contributed by atoms with Crippen molar-refractivity contribution in [3.05, 3.63) is 65.2 Å². The van der Waals surface area contributed by atoms with Crippen LogP contribution in [0, 0.1) is 0 Å². The Balaban J connectivity index is 1.60. The van der Waals surface area contributed by atoms with E-state index in [4.69, 9.17) is 0 Å². The summed E-state index contributed by atoms with van der Waals surface area (Å²) in [6.07, 6.45) is 4.58. The Morgan fingerprint density at radius 2 is 1.29 bits per heavy atom. The molecule has 0 saturated carbocycles. The molecule has 0 spiro atoms. The molecular formula is C28H34N4O2. The average molecular weight is 459 g/mol. The predicted octanol–water partition coefficient (Wildman–Crippen LogP) is 5.85. The molecule has 2 N–H and O–H groups in total. The van der Waals surface area contributed by atoms with E-state index < -0.39 is 0 Å². The van der Waals surface area contributed by atoms with Crippen LogP contribution in [0.5, 0.6) is 5.88 Å². The Morgan fingerprint density at radius 3 is 1.79 bits per heavy atom. The van der Waals surface area contributed by atoms with Crippen LogP contribution in [0.1, 0.15) is 61.0 Å². The standard InChI is InChI=1S/C28H34N4O2/c1-5-7-17-31(3)21-13-9-19(10-14-21)25-23-24(28(34)29-25)26(30-27(23)33)20-11-15-22(16-12-20)32(4)18-8-6-2/h9-16,29,34H,5-8,17-18H2,1-4H3. The van der Waals surface area contributed by atoms with Gasteiger partial charge < -0.3 is 19.9 Å². The minimum Gasteiger partial charge on any atom is -0.494 e. The summed E-state index contributed by atoms with van der Waals surface area (Å²) in [5, 5.41) is 10.7. The average Bonchev–Trinajstić information content (AvgIpc) is 3.39. The number of H-pyrrole nitrogens is 1. The molecule has 1 aliphatic heterocycles. The van der Waals surface area contributed by atoms with Crippen LogP contribution in [0.3, 0.4) is 0 Å². The van der Waals surface area contributed by atoms with Crippen molar-refractivity contribution in [1.29, 1.82) is 0 Å². The van der Waals surface area contributed by atoms with Crippen molar-refractivity contribution in [3.8, 4) is 17.1 Å². The topological polar surface area (TPSA) is 71.9 Å². The number of nitrogens with zero attached hydrogens (tertiary/aromatic N) is 3. The minimum atomic E-state index is -0.329. The number of hydrogen-bond acceptors (Lipinski definition) is 4. The second kappa shape index (κ2) is 10.2. The monoisotopic (exact) mass is 458 g/mol. The maximum Gasteiger partial charge on any atom is 0.280 e. The molecule has 0 saturated heterocycles. The lowest BCUT2D eigenvalue weighted by atomic mass is 10.00. The molecule has 3 aromatic rings. The number of benzene rings is 2. The first-order valence-electron chi connectivity index (χ1n) is 12.2. The fourth-order valence-corrected chi connectivity index (χ4v) is 4.38. The largest absolute Gasteiger partial charge is 0.494 e. The maximum atomic E-state index is 12.9. The van der Waals surface area contributed by atoms with Crippen molar-refractivity contribution >= 4 is 23.0 Å². The smallest absolute Gasteiger partial charge is 0.280 e. The van der Waals surface area contributed by atoms with Crippen LogP contribution in [0.25, 0.3) is 11.3 Å². The summed E-state index contributed by atoms with van der Waals surface area (Å²) in [4.78, 5) is 24.7. The Labute approximate surface area is 201 Å². The molecule has 1 aliphatic rings. The van der Waals surface area contributed by atoms with Crippen LogP contribution in [0.4, 0.5) is 11.4 Å². The number of nitrogens with one attached hydrogen (secondary N) is 1. The lowest BCUT2D eigenvalue weighted by Gasteiger charge is -2.19. The van der Waals surface area contributed by atoms with Gasteiger partial charge >= 0.3 is 0 Å². The van der Waals surface area contributed by atoms with Gasteiger partial charge in [-0.1, -0.05) is 51.0 Å². The molecule has 0 fully saturated rings. The Hall–Kier alpha value is -3.54. The number of aromatic nitrogens is 1. The van der Waals surface area contributed by atoms with Crippen molar-refractivity contribution in [1.82, 2.24) is 4.98 Å². The third-order valence-corrected chi connectivity index (χ3v) is 6.52. The molecule has 2 aromatic carbocycles. The van der Waals surface area contributed by atoms with Gasteiger partial charge in [-0.3, -0.25) is 4.79 Å². The molecule has 34 heavy (non-hydrogen) atoms. The molecule has 1 aromatic heterocycles. The van der Waals surface area contributed by atoms with Gasteiger partial charge in [0.25, 0.3) is 5.91 Å². The molecular weight excluding hydrogens is 424 g/mol. The number of amides is 1. The van der Waals surface area contributed by atoms with Crippen LogP contribution in [0.2, 0.25) is 0 Å². The third-order valence-electron chi connectivity index (χ3n) is 6.52. The van der Waals surface area contributed by atoms with Crippen LogP contribution < -0.4 is 9.80 Å². The van der Waals surface area contributed by atoms with Crippen molar-refractivity contribution in [2.24, 2.45) is 4.99 Å². The zero-order chi connectivity index (χ0) is 24.2. The fraction of sp³-hybridized carbons (Fsp3) is 0.357. The van der Waals surface area contributed by atoms with Crippen LogP contribution in [-0.2, 0) is 0 Å². The van der Waals surface area contributed by atoms with Crippen molar-refractivity contribution in [2.45, 2.75) is 39.5 Å². The predicted molar refractivity (Wildman–Crippen MR) is 141 cm³/mol. The molecule has 2 heterocycles. The number of rotatable bonds is 10. The molecule has 0 radical (unpaired) electrons. The molecule has 0 bridgehead atoms. The van der Waals surface area contributed by atoms with E-state index in [0.717, 1.165) is 61.3 Å². The van der Waals surface area contributed by atoms with Gasteiger partial charge in [0.15, 0.2) is 5.88 Å². The van der Waals surface area contributed by atoms with Crippen molar-refractivity contribution in [2.75, 3.05) is 37.0 Å². The lowest BCUT2D eigenvalue weighted by Crippen LogP contribution is -2.18. The number of unbranched alkanes of at least 4 members (excludes halogenated alkanes) is 2. The van der Waals surface area contributed by atoms with Crippen LogP contribution >= 0.6 is 0 Å². The summed E-state index contributed by atoms with van der Waals surface area (Å²) in [7, 11) is 4.16. The number of carbonyl (C=O) groups is 1. The maximum absolute atomic E-state index is 12.9. The summed E-state index contributed by atoms with van der Waals surface area (Å²) in [6, 6.07) is 16.1. The second-order valence-corrected chi connectivity index (χ2v) is 9.01. The Bertz CT molecular complexity index is 1180. The van der Waals surface area contributed by atoms with Gasteiger partial charge in [0.1, 0.15) is 0 Å². The number of hydrogen-bond donors (Lipinski definition) is 2. The first kappa shape index (κ1) is 23.6. The SMILES string of the molecule is CCCCN(C)c1ccc(C2=NC(=O)c3c(-c4ccc(N(C)CCCC)cc4)[nH]c(O)c32)cc1. The van der Waals surface area contributed by atoms with Crippen molar-refractivity contribution < 1.29 is 9.90 Å². The summed E-state index contributed by atoms with van der Waals surface area (Å²) in [6.45, 7) is 6.36. The first-order valence-corrected chi connectivity index (χ1v) is 12.2. The van der Waals surface area contributed by atoms with E-state index in [1.807, 2.05) is 48.5 Å². The number of fused-ring (bicyclic) bond motifs is 1. The number of carbonyl (C=O) groups excluding carboxylic acids is 1. The lowest BCUT2D eigenvalue weighted by molar-refractivity contribution is 0.101. The molecule has 4 rings (SSSR count). The van der Waals surface area contributed by atoms with E-state index in [-0.39, 0.29) is 11.8 Å². The van der Waals surface area contributed by atoms with E-state index in [9.17, 15) is 9.90 Å². The zero-order valence-corrected chi connectivity index (χ0v) is 20.6. The molecule has 0 atom stereocenters. The molecule has 0 aliphatic carbocycles. The summed E-state index contributed by atoms with van der Waals surface area (Å²) >= 11 is 0. The van der Waals surface area contributed by atoms with Gasteiger partial charge in [-0.05, 0) is 42.7 Å². The molecule has 1 amide bonds. The van der Waals surface area contributed by atoms with Gasteiger partial charge in [-0.2, -0.15) is 0 Å². The molecule has 0 unspecified atom stereocenters. The van der Waals surface area contributed by atoms with Crippen LogP contribution in [-0.4, -0.2) is 48.9 Å². The van der Waals surface area contributed by atoms with Gasteiger partial charge in [-0.25, -0.2) is 4.99 Å². The number of aromatic amines is 1. The van der Waals surface area contributed by atoms with Crippen LogP contribution in [0.15, 0.2) is 53.5 Å². The highest BCUT2D eigenvalue weighted by molar-refractivity contribution is 6.30. The Morgan fingerprint density at radius 1 is 0.794 bits per heavy atom. The summed E-state index contributed by atoms with van der Waals surface area (Å²) in [5.74, 6) is -0.354. The zero-order valence-electron chi connectivity index (χ0n) is 20.6. The molecule has 178 valence electrons. The highest BCUT2D eigenvalue weighted by Gasteiger charge is 2.33. The minimum absolute atomic E-state index is 0.0251. The summed E-state index contributed by atoms with van der Waals surface area (Å²) in [5.41, 5.74) is 5.94. The van der Waals surface area contributed by atoms with E-state index in [0.29, 0.717) is 22.5 Å². The second-order valence-electron chi connectivity index (χ2n) is 9.01. The van der Waals surface area contributed by atoms with E-state index in [2.05, 4.69) is 47.7 Å². The highest BCUT2D eigenvalue weighted by Crippen LogP contribution is 2.38.